The molecule has 1 heterocycles. The number of ether oxygens (including phenoxy) is 3. The van der Waals surface area contributed by atoms with E-state index in [1.165, 1.54) is 6.07 Å². The topological polar surface area (TPSA) is 27.7 Å². The molecule has 0 radical (unpaired) electrons. The zero-order valence-corrected chi connectivity index (χ0v) is 23.7. The molecular weight excluding hydrogens is 577 g/mol. The van der Waals surface area contributed by atoms with Crippen LogP contribution in [0.4, 0.5) is 30.7 Å². The van der Waals surface area contributed by atoms with Gasteiger partial charge in [-0.2, -0.15) is 8.78 Å². The number of hydrogen-bond donors (Lipinski definition) is 0. The Hall–Kier alpha value is -3.11. The van der Waals surface area contributed by atoms with Gasteiger partial charge in [-0.1, -0.05) is 31.9 Å². The van der Waals surface area contributed by atoms with Crippen molar-refractivity contribution in [2.75, 3.05) is 13.2 Å². The van der Waals surface area contributed by atoms with Gasteiger partial charge in [-0.25, -0.2) is 22.0 Å². The number of hydrogen-bond acceptors (Lipinski definition) is 3. The maximum atomic E-state index is 15.1. The molecule has 0 atom stereocenters. The number of halogens is 7. The fourth-order valence-corrected chi connectivity index (χ4v) is 5.90. The molecule has 0 bridgehead atoms. The van der Waals surface area contributed by atoms with Crippen molar-refractivity contribution >= 4 is 0 Å². The van der Waals surface area contributed by atoms with E-state index < -0.39 is 53.2 Å². The van der Waals surface area contributed by atoms with Crippen LogP contribution in [-0.4, -0.2) is 19.3 Å². The van der Waals surface area contributed by atoms with Gasteiger partial charge < -0.3 is 14.2 Å². The average Bonchev–Trinajstić information content (AvgIpc) is 2.99. The second kappa shape index (κ2) is 13.3. The van der Waals surface area contributed by atoms with Crippen LogP contribution in [0.3, 0.4) is 0 Å². The zero-order chi connectivity index (χ0) is 30.7. The van der Waals surface area contributed by atoms with Crippen molar-refractivity contribution in [3.63, 3.8) is 0 Å². The highest BCUT2D eigenvalue weighted by Crippen LogP contribution is 2.44. The lowest BCUT2D eigenvalue weighted by atomic mass is 9.78. The molecule has 1 saturated heterocycles. The van der Waals surface area contributed by atoms with Crippen molar-refractivity contribution in [1.29, 1.82) is 0 Å². The van der Waals surface area contributed by atoms with Gasteiger partial charge in [0, 0.05) is 23.1 Å². The highest BCUT2D eigenvalue weighted by Gasteiger charge is 2.44. The number of alkyl halides is 2. The first-order valence-electron chi connectivity index (χ1n) is 14.6. The van der Waals surface area contributed by atoms with Gasteiger partial charge in [0.15, 0.2) is 23.7 Å². The molecule has 1 saturated carbocycles. The fraction of sp³-hybridized carbons (Fsp3) is 0.455. The van der Waals surface area contributed by atoms with Gasteiger partial charge in [-0.15, -0.1) is 0 Å². The number of rotatable bonds is 9. The summed E-state index contributed by atoms with van der Waals surface area (Å²) in [6.07, 6.45) is -0.318. The molecule has 2 aliphatic rings. The van der Waals surface area contributed by atoms with Crippen LogP contribution in [0.2, 0.25) is 0 Å². The molecule has 0 spiro atoms. The third kappa shape index (κ3) is 7.17. The van der Waals surface area contributed by atoms with Gasteiger partial charge in [-0.3, -0.25) is 0 Å². The number of benzene rings is 3. The minimum absolute atomic E-state index is 0.0571. The molecule has 5 rings (SSSR count). The molecule has 232 valence electrons. The molecule has 0 N–H and O–H groups in total. The van der Waals surface area contributed by atoms with E-state index >= 15 is 13.2 Å². The van der Waals surface area contributed by atoms with Gasteiger partial charge >= 0.3 is 6.11 Å². The Balaban J connectivity index is 1.17. The third-order valence-corrected chi connectivity index (χ3v) is 8.36. The van der Waals surface area contributed by atoms with Crippen molar-refractivity contribution in [3.05, 3.63) is 88.7 Å². The van der Waals surface area contributed by atoms with Crippen LogP contribution in [0.5, 0.6) is 5.75 Å². The van der Waals surface area contributed by atoms with E-state index in [-0.39, 0.29) is 29.9 Å². The molecule has 1 aliphatic heterocycles. The molecule has 1 aliphatic carbocycles. The van der Waals surface area contributed by atoms with Crippen LogP contribution in [0, 0.1) is 40.9 Å². The Morgan fingerprint density at radius 2 is 1.47 bits per heavy atom. The van der Waals surface area contributed by atoms with E-state index in [4.69, 9.17) is 14.2 Å². The van der Waals surface area contributed by atoms with Crippen molar-refractivity contribution in [2.24, 2.45) is 11.8 Å². The quantitative estimate of drug-likeness (QED) is 0.178. The Labute approximate surface area is 246 Å². The van der Waals surface area contributed by atoms with E-state index in [0.29, 0.717) is 61.3 Å². The van der Waals surface area contributed by atoms with Crippen molar-refractivity contribution in [1.82, 2.24) is 0 Å². The van der Waals surface area contributed by atoms with Crippen molar-refractivity contribution in [3.8, 4) is 16.9 Å². The summed E-state index contributed by atoms with van der Waals surface area (Å²) in [5.41, 5.74) is 0.437. The molecule has 0 amide bonds. The van der Waals surface area contributed by atoms with E-state index in [9.17, 15) is 17.6 Å². The lowest BCUT2D eigenvalue weighted by molar-refractivity contribution is -0.222. The highest BCUT2D eigenvalue weighted by atomic mass is 19.3. The Morgan fingerprint density at radius 3 is 2.07 bits per heavy atom. The summed E-state index contributed by atoms with van der Waals surface area (Å²) < 4.78 is 117. The summed E-state index contributed by atoms with van der Waals surface area (Å²) in [5.74, 6) is -7.78. The van der Waals surface area contributed by atoms with E-state index in [0.717, 1.165) is 31.4 Å². The maximum absolute atomic E-state index is 15.1. The average molecular weight is 611 g/mol. The van der Waals surface area contributed by atoms with Gasteiger partial charge in [0.05, 0.1) is 19.1 Å². The van der Waals surface area contributed by atoms with Gasteiger partial charge in [0.25, 0.3) is 0 Å². The zero-order valence-electron chi connectivity index (χ0n) is 23.7. The van der Waals surface area contributed by atoms with Gasteiger partial charge in [0.2, 0.25) is 0 Å². The number of unbranched alkanes of at least 4 members (excludes halogenated alkanes) is 1. The lowest BCUT2D eigenvalue weighted by Crippen LogP contribution is -2.37. The molecule has 3 aromatic carbocycles. The Kier molecular flexibility index (Phi) is 9.66. The molecule has 2 fully saturated rings. The highest BCUT2D eigenvalue weighted by molar-refractivity contribution is 5.65. The predicted molar refractivity (Wildman–Crippen MR) is 146 cm³/mol. The van der Waals surface area contributed by atoms with E-state index in [2.05, 4.69) is 6.92 Å². The Morgan fingerprint density at radius 1 is 0.791 bits per heavy atom. The molecule has 10 heteroatoms. The second-order valence-corrected chi connectivity index (χ2v) is 11.4. The first kappa shape index (κ1) is 31.3. The lowest BCUT2D eigenvalue weighted by Gasteiger charge is -2.34. The van der Waals surface area contributed by atoms with Crippen LogP contribution in [0.25, 0.3) is 11.1 Å². The van der Waals surface area contributed by atoms with E-state index in [1.807, 2.05) is 0 Å². The predicted octanol–water partition coefficient (Wildman–Crippen LogP) is 9.85. The smallest absolute Gasteiger partial charge is 0.400 e. The fourth-order valence-electron chi connectivity index (χ4n) is 5.90. The largest absolute Gasteiger partial charge is 0.432 e. The minimum Gasteiger partial charge on any atom is -0.432 e. The van der Waals surface area contributed by atoms with Crippen LogP contribution in [0.15, 0.2) is 48.5 Å². The molecule has 43 heavy (non-hydrogen) atoms. The maximum Gasteiger partial charge on any atom is 0.400 e. The van der Waals surface area contributed by atoms with Crippen molar-refractivity contribution < 1.29 is 44.9 Å². The third-order valence-electron chi connectivity index (χ3n) is 8.36. The molecular formula is C33H33F7O3. The normalized spacial score (nSPS) is 22.9. The summed E-state index contributed by atoms with van der Waals surface area (Å²) in [6, 6.07) is 8.82. The van der Waals surface area contributed by atoms with Crippen LogP contribution < -0.4 is 4.74 Å². The molecule has 3 aromatic rings. The summed E-state index contributed by atoms with van der Waals surface area (Å²) in [7, 11) is 0. The molecule has 0 unspecified atom stereocenters. The first-order chi connectivity index (χ1) is 20.6. The summed E-state index contributed by atoms with van der Waals surface area (Å²) in [6.45, 7) is 3.24. The summed E-state index contributed by atoms with van der Waals surface area (Å²) in [4.78, 5) is 0. The second-order valence-electron chi connectivity index (χ2n) is 11.4. The van der Waals surface area contributed by atoms with Crippen LogP contribution in [-0.2, 0) is 9.47 Å². The van der Waals surface area contributed by atoms with Gasteiger partial charge in [-0.05, 0) is 79.5 Å². The molecule has 0 aromatic heterocycles. The summed E-state index contributed by atoms with van der Waals surface area (Å²) >= 11 is 0. The standard InChI is InChI=1S/C33H33F7O3/c1-2-3-4-19-17-41-32(42-18-19)21-7-11-25(27(34)13-21)20-5-8-23(9-6-20)33(39,40)43-24-10-12-26(28(35)16-24)22-14-29(36)31(38)30(37)15-22/h7,10-16,19-20,23,32H,2-6,8-9,17-18H2,1H3. The van der Waals surface area contributed by atoms with Gasteiger partial charge in [0.1, 0.15) is 17.4 Å². The van der Waals surface area contributed by atoms with Crippen LogP contribution >= 0.6 is 0 Å². The monoisotopic (exact) mass is 610 g/mol. The summed E-state index contributed by atoms with van der Waals surface area (Å²) in [5, 5.41) is 0. The first-order valence-corrected chi connectivity index (χ1v) is 14.6. The van der Waals surface area contributed by atoms with E-state index in [1.54, 1.807) is 12.1 Å². The van der Waals surface area contributed by atoms with Crippen LogP contribution in [0.1, 0.15) is 75.2 Å². The van der Waals surface area contributed by atoms with Crippen molar-refractivity contribution in [2.45, 2.75) is 70.2 Å². The SMILES string of the molecule is CCCCC1COC(c2ccc(C3CCC(C(F)(F)Oc4ccc(-c5cc(F)c(F)c(F)c5)c(F)c4)CC3)c(F)c2)OC1. The minimum atomic E-state index is -3.64. The Bertz CT molecular complexity index is 1390. The molecule has 3 nitrogen and oxygen atoms in total.